The van der Waals surface area contributed by atoms with Gasteiger partial charge in [-0.2, -0.15) is 0 Å². The van der Waals surface area contributed by atoms with Crippen LogP contribution >= 0.6 is 12.4 Å². The van der Waals surface area contributed by atoms with E-state index >= 15 is 0 Å². The molecule has 1 saturated heterocycles. The molecule has 5 heteroatoms. The number of halogens is 1. The molecule has 4 rings (SSSR count). The molecule has 2 heterocycles. The number of nitrogens with zero attached hydrogens (tertiary/aromatic N) is 1. The Hall–Kier alpha value is -1.75. The smallest absolute Gasteiger partial charge is 0.123 e. The highest BCUT2D eigenvalue weighted by Crippen LogP contribution is 2.33. The second-order valence-electron chi connectivity index (χ2n) is 8.11. The monoisotopic (exact) mass is 403 g/mol. The van der Waals surface area contributed by atoms with E-state index in [0.717, 1.165) is 63.1 Å². The van der Waals surface area contributed by atoms with Gasteiger partial charge in [0.25, 0.3) is 0 Å². The summed E-state index contributed by atoms with van der Waals surface area (Å²) in [4.78, 5) is 2.39. The van der Waals surface area contributed by atoms with Crippen LogP contribution in [0.25, 0.3) is 0 Å². The van der Waals surface area contributed by atoms with Gasteiger partial charge in [0, 0.05) is 38.0 Å². The van der Waals surface area contributed by atoms with Gasteiger partial charge in [-0.25, -0.2) is 0 Å². The fourth-order valence-corrected chi connectivity index (χ4v) is 4.30. The molecule has 2 aliphatic rings. The molecule has 2 aromatic carbocycles. The maximum Gasteiger partial charge on any atom is 0.123 e. The lowest BCUT2D eigenvalue weighted by Gasteiger charge is -2.39. The molecule has 0 bridgehead atoms. The minimum Gasteiger partial charge on any atom is -0.508 e. The first-order valence-electron chi connectivity index (χ1n) is 10.0. The number of fused-ring (bicyclic) bond motifs is 1. The van der Waals surface area contributed by atoms with Gasteiger partial charge in [0.05, 0.1) is 5.60 Å². The molecule has 0 spiro atoms. The van der Waals surface area contributed by atoms with Crippen molar-refractivity contribution in [2.24, 2.45) is 0 Å². The molecule has 0 amide bonds. The zero-order valence-electron chi connectivity index (χ0n) is 16.4. The van der Waals surface area contributed by atoms with Crippen molar-refractivity contribution in [2.75, 3.05) is 19.6 Å². The van der Waals surface area contributed by atoms with Crippen LogP contribution in [0.15, 0.2) is 42.5 Å². The number of phenols is 1. The summed E-state index contributed by atoms with van der Waals surface area (Å²) < 4.78 is 6.02. The van der Waals surface area contributed by atoms with Gasteiger partial charge in [0.2, 0.25) is 0 Å². The first-order valence-corrected chi connectivity index (χ1v) is 10.0. The highest BCUT2D eigenvalue weighted by Gasteiger charge is 2.34. The molecular formula is C23H30ClNO3. The Morgan fingerprint density at radius 2 is 1.75 bits per heavy atom. The van der Waals surface area contributed by atoms with Crippen molar-refractivity contribution < 1.29 is 14.9 Å². The number of phenolic OH excluding ortho intramolecular Hbond substituents is 1. The van der Waals surface area contributed by atoms with Crippen molar-refractivity contribution in [2.45, 2.75) is 50.7 Å². The lowest BCUT2D eigenvalue weighted by Crippen LogP contribution is -2.48. The summed E-state index contributed by atoms with van der Waals surface area (Å²) in [6, 6.07) is 14.0. The van der Waals surface area contributed by atoms with E-state index in [-0.39, 0.29) is 18.5 Å². The molecule has 4 nitrogen and oxygen atoms in total. The van der Waals surface area contributed by atoms with E-state index in [1.807, 2.05) is 6.07 Å². The third-order valence-electron chi connectivity index (χ3n) is 6.00. The van der Waals surface area contributed by atoms with Gasteiger partial charge in [-0.15, -0.1) is 12.4 Å². The Morgan fingerprint density at radius 3 is 2.43 bits per heavy atom. The third-order valence-corrected chi connectivity index (χ3v) is 6.00. The lowest BCUT2D eigenvalue weighted by atomic mass is 9.85. The fourth-order valence-electron chi connectivity index (χ4n) is 4.30. The summed E-state index contributed by atoms with van der Waals surface area (Å²) in [7, 11) is 0. The minimum atomic E-state index is -0.602. The summed E-state index contributed by atoms with van der Waals surface area (Å²) >= 11 is 0. The van der Waals surface area contributed by atoms with Crippen molar-refractivity contribution in [1.82, 2.24) is 4.90 Å². The molecule has 152 valence electrons. The average molecular weight is 404 g/mol. The molecule has 0 radical (unpaired) electrons. The van der Waals surface area contributed by atoms with E-state index in [1.54, 1.807) is 12.1 Å². The molecule has 0 aromatic heterocycles. The molecule has 28 heavy (non-hydrogen) atoms. The SMILES string of the molecule is CCc1ccc(CC2(O)CCN(CC3Cc4cc(O)ccc4O3)CC2)cc1.Cl. The zero-order valence-corrected chi connectivity index (χ0v) is 17.3. The number of piperidine rings is 1. The van der Waals surface area contributed by atoms with Gasteiger partial charge >= 0.3 is 0 Å². The number of ether oxygens (including phenoxy) is 1. The fraction of sp³-hybridized carbons (Fsp3) is 0.478. The van der Waals surface area contributed by atoms with Gasteiger partial charge < -0.3 is 14.9 Å². The zero-order chi connectivity index (χ0) is 18.9. The Morgan fingerprint density at radius 1 is 1.07 bits per heavy atom. The predicted molar refractivity (Wildman–Crippen MR) is 114 cm³/mol. The second kappa shape index (κ2) is 8.73. The van der Waals surface area contributed by atoms with Crippen LogP contribution in [-0.2, 0) is 19.3 Å². The second-order valence-corrected chi connectivity index (χ2v) is 8.11. The summed E-state index contributed by atoms with van der Waals surface area (Å²) in [5.41, 5.74) is 3.04. The highest BCUT2D eigenvalue weighted by atomic mass is 35.5. The Bertz CT molecular complexity index is 785. The topological polar surface area (TPSA) is 52.9 Å². The standard InChI is InChI=1S/C23H29NO3.ClH/c1-2-17-3-5-18(6-4-17)15-23(26)9-11-24(12-10-23)16-21-14-19-13-20(25)7-8-22(19)27-21;/h3-8,13,21,25-26H,2,9-12,14-16H2,1H3;1H. The number of aryl methyl sites for hydroxylation is 1. The number of aromatic hydroxyl groups is 1. The molecule has 0 saturated carbocycles. The molecule has 2 N–H and O–H groups in total. The number of likely N-dealkylation sites (tertiary alicyclic amines) is 1. The molecule has 0 aliphatic carbocycles. The quantitative estimate of drug-likeness (QED) is 0.798. The molecule has 1 unspecified atom stereocenters. The molecule has 1 atom stereocenters. The maximum atomic E-state index is 11.0. The van der Waals surface area contributed by atoms with Crippen molar-refractivity contribution in [3.63, 3.8) is 0 Å². The van der Waals surface area contributed by atoms with Crippen LogP contribution in [0.1, 0.15) is 36.5 Å². The number of hydrogen-bond acceptors (Lipinski definition) is 4. The number of benzene rings is 2. The van der Waals surface area contributed by atoms with E-state index in [0.29, 0.717) is 5.75 Å². The van der Waals surface area contributed by atoms with Crippen LogP contribution in [-0.4, -0.2) is 46.5 Å². The predicted octanol–water partition coefficient (Wildman–Crippen LogP) is 3.75. The van der Waals surface area contributed by atoms with Crippen LogP contribution in [0.4, 0.5) is 0 Å². The van der Waals surface area contributed by atoms with Crippen molar-refractivity contribution in [3.8, 4) is 11.5 Å². The Kier molecular flexibility index (Phi) is 6.54. The molecule has 1 fully saturated rings. The van der Waals surface area contributed by atoms with Crippen molar-refractivity contribution >= 4 is 12.4 Å². The van der Waals surface area contributed by atoms with Gasteiger partial charge in [0.15, 0.2) is 0 Å². The van der Waals surface area contributed by atoms with Crippen LogP contribution in [0.3, 0.4) is 0 Å². The number of aliphatic hydroxyl groups is 1. The summed E-state index contributed by atoms with van der Waals surface area (Å²) in [6.45, 7) is 4.82. The number of hydrogen-bond donors (Lipinski definition) is 2. The van der Waals surface area contributed by atoms with E-state index in [4.69, 9.17) is 4.74 Å². The van der Waals surface area contributed by atoms with Crippen LogP contribution in [0.5, 0.6) is 11.5 Å². The summed E-state index contributed by atoms with van der Waals surface area (Å²) in [5.74, 6) is 1.19. The lowest BCUT2D eigenvalue weighted by molar-refractivity contribution is -0.0265. The average Bonchev–Trinajstić information content (AvgIpc) is 3.06. The first kappa shape index (κ1) is 21.0. The van der Waals surface area contributed by atoms with E-state index in [1.165, 1.54) is 11.1 Å². The molecule has 2 aliphatic heterocycles. The normalized spacial score (nSPS) is 20.9. The van der Waals surface area contributed by atoms with Gasteiger partial charge in [-0.3, -0.25) is 4.90 Å². The third kappa shape index (κ3) is 4.80. The Balaban J connectivity index is 0.00000225. The van der Waals surface area contributed by atoms with E-state index in [2.05, 4.69) is 36.1 Å². The molecule has 2 aromatic rings. The van der Waals surface area contributed by atoms with Gasteiger partial charge in [0.1, 0.15) is 17.6 Å². The summed E-state index contributed by atoms with van der Waals surface area (Å²) in [5, 5.41) is 20.6. The summed E-state index contributed by atoms with van der Waals surface area (Å²) in [6.07, 6.45) is 4.34. The first-order chi connectivity index (χ1) is 13.0. The Labute approximate surface area is 173 Å². The van der Waals surface area contributed by atoms with Crippen LogP contribution in [0, 0.1) is 0 Å². The largest absolute Gasteiger partial charge is 0.508 e. The maximum absolute atomic E-state index is 11.0. The highest BCUT2D eigenvalue weighted by molar-refractivity contribution is 5.85. The van der Waals surface area contributed by atoms with Gasteiger partial charge in [-0.1, -0.05) is 31.2 Å². The van der Waals surface area contributed by atoms with E-state index in [9.17, 15) is 10.2 Å². The van der Waals surface area contributed by atoms with Crippen molar-refractivity contribution in [1.29, 1.82) is 0 Å². The molecular weight excluding hydrogens is 374 g/mol. The van der Waals surface area contributed by atoms with E-state index < -0.39 is 5.60 Å². The minimum absolute atomic E-state index is 0. The van der Waals surface area contributed by atoms with Crippen LogP contribution in [0.2, 0.25) is 0 Å². The number of rotatable bonds is 5. The van der Waals surface area contributed by atoms with Crippen LogP contribution < -0.4 is 4.74 Å². The van der Waals surface area contributed by atoms with Crippen molar-refractivity contribution in [3.05, 3.63) is 59.2 Å². The van der Waals surface area contributed by atoms with Gasteiger partial charge in [-0.05, 0) is 48.6 Å².